The number of pyridine rings is 1. The van der Waals surface area contributed by atoms with Gasteiger partial charge in [0.25, 0.3) is 0 Å². The first-order chi connectivity index (χ1) is 12.9. The zero-order valence-electron chi connectivity index (χ0n) is 15.6. The molecule has 0 unspecified atom stereocenters. The molecule has 0 spiro atoms. The molecule has 0 aliphatic carbocycles. The van der Waals surface area contributed by atoms with E-state index in [-0.39, 0.29) is 12.5 Å². The van der Waals surface area contributed by atoms with Crippen molar-refractivity contribution in [3.8, 4) is 0 Å². The Hall–Kier alpha value is -2.29. The zero-order valence-corrected chi connectivity index (χ0v) is 16.4. The van der Waals surface area contributed by atoms with Crippen LogP contribution in [0.2, 0.25) is 0 Å². The highest BCUT2D eigenvalue weighted by Crippen LogP contribution is 2.18. The first-order valence-electron chi connectivity index (χ1n) is 8.87. The summed E-state index contributed by atoms with van der Waals surface area (Å²) in [4.78, 5) is 18.7. The van der Waals surface area contributed by atoms with Crippen molar-refractivity contribution in [1.29, 1.82) is 0 Å². The van der Waals surface area contributed by atoms with Crippen LogP contribution in [-0.4, -0.2) is 61.2 Å². The average molecular weight is 388 g/mol. The van der Waals surface area contributed by atoms with Crippen molar-refractivity contribution in [3.63, 3.8) is 0 Å². The van der Waals surface area contributed by atoms with Gasteiger partial charge >= 0.3 is 0 Å². The summed E-state index contributed by atoms with van der Waals surface area (Å²) in [5.74, 6) is 0.412. The first-order valence-corrected chi connectivity index (χ1v) is 10.3. The van der Waals surface area contributed by atoms with Crippen LogP contribution in [0, 0.1) is 13.8 Å². The third-order valence-corrected chi connectivity index (χ3v) is 6.54. The number of amides is 1. The van der Waals surface area contributed by atoms with Gasteiger partial charge < -0.3 is 5.32 Å². The number of hydrogen-bond donors (Lipinski definition) is 1. The molecule has 7 nitrogen and oxygen atoms in total. The van der Waals surface area contributed by atoms with Gasteiger partial charge in [-0.2, -0.15) is 4.31 Å². The van der Waals surface area contributed by atoms with Gasteiger partial charge in [-0.1, -0.05) is 23.8 Å². The Balaban J connectivity index is 1.55. The van der Waals surface area contributed by atoms with E-state index in [1.165, 1.54) is 4.31 Å². The molecule has 2 heterocycles. The molecule has 1 aliphatic heterocycles. The Kier molecular flexibility index (Phi) is 5.88. The Morgan fingerprint density at radius 3 is 2.37 bits per heavy atom. The van der Waals surface area contributed by atoms with Crippen molar-refractivity contribution >= 4 is 21.7 Å². The molecule has 144 valence electrons. The molecule has 2 aromatic rings. The van der Waals surface area contributed by atoms with Gasteiger partial charge in [0.2, 0.25) is 15.9 Å². The molecule has 1 saturated heterocycles. The van der Waals surface area contributed by atoms with Gasteiger partial charge in [0.05, 0.1) is 11.4 Å². The average Bonchev–Trinajstić information content (AvgIpc) is 2.64. The topological polar surface area (TPSA) is 82.6 Å². The number of carbonyl (C=O) groups excluding carboxylic acids is 1. The van der Waals surface area contributed by atoms with E-state index in [0.717, 1.165) is 11.1 Å². The summed E-state index contributed by atoms with van der Waals surface area (Å²) in [5.41, 5.74) is 1.92. The van der Waals surface area contributed by atoms with Gasteiger partial charge in [-0.15, -0.1) is 0 Å². The number of benzene rings is 1. The van der Waals surface area contributed by atoms with Crippen LogP contribution in [0.3, 0.4) is 0 Å². The molecule has 0 saturated carbocycles. The number of rotatable bonds is 5. The second-order valence-corrected chi connectivity index (χ2v) is 8.65. The molecule has 8 heteroatoms. The Labute approximate surface area is 160 Å². The summed E-state index contributed by atoms with van der Waals surface area (Å²) in [5, 5.41) is 2.81. The third-order valence-electron chi connectivity index (χ3n) is 4.62. The second kappa shape index (κ2) is 8.16. The maximum absolute atomic E-state index is 12.7. The lowest BCUT2D eigenvalue weighted by molar-refractivity contribution is -0.117. The number of nitrogens with one attached hydrogen (secondary N) is 1. The van der Waals surface area contributed by atoms with Crippen LogP contribution in [0.15, 0.2) is 47.5 Å². The number of aryl methyl sites for hydroxylation is 2. The quantitative estimate of drug-likeness (QED) is 0.842. The fourth-order valence-electron chi connectivity index (χ4n) is 2.98. The van der Waals surface area contributed by atoms with Crippen LogP contribution in [0.5, 0.6) is 0 Å². The van der Waals surface area contributed by atoms with E-state index >= 15 is 0 Å². The van der Waals surface area contributed by atoms with Gasteiger partial charge in [0.15, 0.2) is 0 Å². The van der Waals surface area contributed by atoms with Crippen molar-refractivity contribution in [3.05, 3.63) is 53.7 Å². The van der Waals surface area contributed by atoms with Gasteiger partial charge in [0, 0.05) is 32.4 Å². The summed E-state index contributed by atoms with van der Waals surface area (Å²) in [6.45, 7) is 5.79. The minimum atomic E-state index is -3.49. The van der Waals surface area contributed by atoms with Crippen LogP contribution < -0.4 is 5.32 Å². The van der Waals surface area contributed by atoms with E-state index in [2.05, 4.69) is 10.3 Å². The van der Waals surface area contributed by atoms with Crippen molar-refractivity contribution in [2.24, 2.45) is 0 Å². The van der Waals surface area contributed by atoms with E-state index in [1.54, 1.807) is 30.5 Å². The highest BCUT2D eigenvalue weighted by molar-refractivity contribution is 7.89. The molecule has 1 aromatic heterocycles. The second-order valence-electron chi connectivity index (χ2n) is 6.71. The number of carbonyl (C=O) groups is 1. The van der Waals surface area contributed by atoms with Gasteiger partial charge in [-0.3, -0.25) is 9.69 Å². The molecule has 1 amide bonds. The zero-order chi connectivity index (χ0) is 19.4. The molecule has 0 bridgehead atoms. The maximum Gasteiger partial charge on any atom is 0.243 e. The normalized spacial score (nSPS) is 16.2. The van der Waals surface area contributed by atoms with Crippen molar-refractivity contribution in [2.45, 2.75) is 18.7 Å². The van der Waals surface area contributed by atoms with Gasteiger partial charge in [0.1, 0.15) is 5.82 Å². The highest BCUT2D eigenvalue weighted by atomic mass is 32.2. The highest BCUT2D eigenvalue weighted by Gasteiger charge is 2.29. The predicted octanol–water partition coefficient (Wildman–Crippen LogP) is 1.64. The summed E-state index contributed by atoms with van der Waals surface area (Å²) in [7, 11) is -3.49. The molecule has 1 aliphatic rings. The lowest BCUT2D eigenvalue weighted by atomic mass is 10.2. The fraction of sp³-hybridized carbons (Fsp3) is 0.368. The molecule has 1 fully saturated rings. The number of aromatic nitrogens is 1. The smallest absolute Gasteiger partial charge is 0.243 e. The molecule has 0 atom stereocenters. The fourth-order valence-corrected chi connectivity index (χ4v) is 4.40. The minimum absolute atomic E-state index is 0.147. The lowest BCUT2D eigenvalue weighted by Gasteiger charge is -2.33. The van der Waals surface area contributed by atoms with Crippen LogP contribution in [0.4, 0.5) is 5.82 Å². The first kappa shape index (κ1) is 19.5. The third kappa shape index (κ3) is 4.71. The van der Waals surface area contributed by atoms with E-state index < -0.39 is 10.0 Å². The predicted molar refractivity (Wildman–Crippen MR) is 104 cm³/mol. The minimum Gasteiger partial charge on any atom is -0.309 e. The Morgan fingerprint density at radius 1 is 1.07 bits per heavy atom. The van der Waals surface area contributed by atoms with Crippen LogP contribution >= 0.6 is 0 Å². The van der Waals surface area contributed by atoms with Crippen LogP contribution in [0.1, 0.15) is 11.1 Å². The molecule has 27 heavy (non-hydrogen) atoms. The summed E-state index contributed by atoms with van der Waals surface area (Å²) in [6.07, 6.45) is 1.64. The molecular formula is C19H24N4O3S. The number of anilines is 1. The van der Waals surface area contributed by atoms with Crippen molar-refractivity contribution in [1.82, 2.24) is 14.2 Å². The van der Waals surface area contributed by atoms with Crippen LogP contribution in [-0.2, 0) is 14.8 Å². The molecule has 0 radical (unpaired) electrons. The standard InChI is InChI=1S/C19H24N4O3S/c1-15-5-7-17(8-6-15)27(25,26)23-12-10-22(11-13-23)14-18(24)21-19-16(2)4-3-9-20-19/h3-9H,10-14H2,1-2H3,(H,20,21,24). The number of nitrogens with zero attached hydrogens (tertiary/aromatic N) is 3. The van der Waals surface area contributed by atoms with Crippen molar-refractivity contribution in [2.75, 3.05) is 38.0 Å². The van der Waals surface area contributed by atoms with E-state index in [0.29, 0.717) is 36.9 Å². The van der Waals surface area contributed by atoms with Gasteiger partial charge in [-0.25, -0.2) is 13.4 Å². The summed E-state index contributed by atoms with van der Waals surface area (Å²) >= 11 is 0. The van der Waals surface area contributed by atoms with Gasteiger partial charge in [-0.05, 0) is 37.6 Å². The molecular weight excluding hydrogens is 364 g/mol. The Bertz CT molecular complexity index is 905. The summed E-state index contributed by atoms with van der Waals surface area (Å²) < 4.78 is 26.9. The van der Waals surface area contributed by atoms with E-state index in [4.69, 9.17) is 0 Å². The summed E-state index contributed by atoms with van der Waals surface area (Å²) in [6, 6.07) is 10.6. The Morgan fingerprint density at radius 2 is 1.74 bits per heavy atom. The lowest BCUT2D eigenvalue weighted by Crippen LogP contribution is -2.50. The molecule has 3 rings (SSSR count). The number of piperazine rings is 1. The van der Waals surface area contributed by atoms with E-state index in [1.807, 2.05) is 30.9 Å². The van der Waals surface area contributed by atoms with Crippen molar-refractivity contribution < 1.29 is 13.2 Å². The monoisotopic (exact) mass is 388 g/mol. The SMILES string of the molecule is Cc1ccc(S(=O)(=O)N2CCN(CC(=O)Nc3ncccc3C)CC2)cc1. The van der Waals surface area contributed by atoms with Crippen LogP contribution in [0.25, 0.3) is 0 Å². The number of hydrogen-bond acceptors (Lipinski definition) is 5. The largest absolute Gasteiger partial charge is 0.309 e. The molecule has 1 aromatic carbocycles. The molecule has 1 N–H and O–H groups in total. The number of sulfonamides is 1. The van der Waals surface area contributed by atoms with E-state index in [9.17, 15) is 13.2 Å². The maximum atomic E-state index is 12.7.